The Balaban J connectivity index is 2.15. The molecule has 2 aliphatic heterocycles. The van der Waals surface area contributed by atoms with E-state index in [0.29, 0.717) is 9.79 Å². The van der Waals surface area contributed by atoms with Gasteiger partial charge in [-0.25, -0.2) is 8.42 Å². The van der Waals surface area contributed by atoms with E-state index < -0.39 is 9.84 Å². The first kappa shape index (κ1) is 11.1. The summed E-state index contributed by atoms with van der Waals surface area (Å²) < 4.78 is 25.4. The van der Waals surface area contributed by atoms with E-state index in [4.69, 9.17) is 0 Å². The summed E-state index contributed by atoms with van der Waals surface area (Å²) in [5, 5.41) is 0. The molecule has 4 rings (SSSR count). The molecular weight excluding hydrogens is 258 g/mol. The molecule has 0 spiro atoms. The lowest BCUT2D eigenvalue weighted by Crippen LogP contribution is -2.31. The maximum atomic E-state index is 12.7. The van der Waals surface area contributed by atoms with Gasteiger partial charge in [0.1, 0.15) is 0 Å². The van der Waals surface area contributed by atoms with Crippen LogP contribution in [-0.4, -0.2) is 15.0 Å². The molecule has 0 amide bonds. The van der Waals surface area contributed by atoms with E-state index in [1.807, 2.05) is 24.3 Å². The lowest BCUT2D eigenvalue weighted by molar-refractivity contribution is 0.592. The number of benzene rings is 2. The summed E-state index contributed by atoms with van der Waals surface area (Å²) in [6.45, 7) is 0.885. The molecule has 0 atom stereocenters. The quantitative estimate of drug-likeness (QED) is 0.739. The van der Waals surface area contributed by atoms with Crippen LogP contribution < -0.4 is 4.90 Å². The molecular formula is C15H13NO2S. The molecule has 0 saturated carbocycles. The number of rotatable bonds is 0. The molecule has 3 nitrogen and oxygen atoms in total. The van der Waals surface area contributed by atoms with Crippen LogP contribution in [0.15, 0.2) is 52.3 Å². The highest BCUT2D eigenvalue weighted by atomic mass is 32.2. The average Bonchev–Trinajstić information content (AvgIpc) is 2.45. The van der Waals surface area contributed by atoms with Crippen molar-refractivity contribution in [2.75, 3.05) is 11.4 Å². The maximum absolute atomic E-state index is 12.7. The highest BCUT2D eigenvalue weighted by Crippen LogP contribution is 2.47. The monoisotopic (exact) mass is 271 g/mol. The summed E-state index contributed by atoms with van der Waals surface area (Å²) in [7, 11) is -3.37. The maximum Gasteiger partial charge on any atom is 0.210 e. The van der Waals surface area contributed by atoms with Crippen molar-refractivity contribution in [1.82, 2.24) is 0 Å². The highest BCUT2D eigenvalue weighted by molar-refractivity contribution is 7.92. The van der Waals surface area contributed by atoms with Gasteiger partial charge in [-0.1, -0.05) is 24.3 Å². The van der Waals surface area contributed by atoms with Gasteiger partial charge in [-0.2, -0.15) is 0 Å². The summed E-state index contributed by atoms with van der Waals surface area (Å²) in [6, 6.07) is 12.9. The largest absolute Gasteiger partial charge is 0.339 e. The third-order valence-electron chi connectivity index (χ3n) is 3.92. The summed E-state index contributed by atoms with van der Waals surface area (Å²) in [6.07, 6.45) is 2.02. The van der Waals surface area contributed by atoms with Crippen LogP contribution >= 0.6 is 0 Å². The van der Waals surface area contributed by atoms with E-state index in [-0.39, 0.29) is 0 Å². The predicted molar refractivity (Wildman–Crippen MR) is 73.7 cm³/mol. The number of para-hydroxylation sites is 2. The molecule has 0 fully saturated rings. The van der Waals surface area contributed by atoms with Crippen molar-refractivity contribution in [2.45, 2.75) is 22.6 Å². The van der Waals surface area contributed by atoms with Crippen molar-refractivity contribution in [3.63, 3.8) is 0 Å². The van der Waals surface area contributed by atoms with Gasteiger partial charge in [-0.05, 0) is 36.6 Å². The van der Waals surface area contributed by atoms with Crippen LogP contribution in [0.25, 0.3) is 0 Å². The third-order valence-corrected chi connectivity index (χ3v) is 5.75. The average molecular weight is 271 g/mol. The Bertz CT molecular complexity index is 780. The second-order valence-corrected chi connectivity index (χ2v) is 6.88. The second kappa shape index (κ2) is 3.61. The van der Waals surface area contributed by atoms with E-state index in [2.05, 4.69) is 4.90 Å². The normalized spacial score (nSPS) is 18.6. The fourth-order valence-corrected chi connectivity index (χ4v) is 4.80. The first-order chi connectivity index (χ1) is 9.19. The Kier molecular flexibility index (Phi) is 2.10. The lowest BCUT2D eigenvalue weighted by Gasteiger charge is -2.37. The van der Waals surface area contributed by atoms with Crippen LogP contribution in [0.5, 0.6) is 0 Å². The van der Waals surface area contributed by atoms with Gasteiger partial charge in [0.25, 0.3) is 0 Å². The number of hydrogen-bond acceptors (Lipinski definition) is 3. The van der Waals surface area contributed by atoms with Crippen molar-refractivity contribution < 1.29 is 8.42 Å². The Morgan fingerprint density at radius 1 is 0.947 bits per heavy atom. The molecule has 2 aromatic carbocycles. The number of hydrogen-bond donors (Lipinski definition) is 0. The molecule has 0 bridgehead atoms. The molecule has 4 heteroatoms. The molecule has 0 unspecified atom stereocenters. The highest BCUT2D eigenvalue weighted by Gasteiger charge is 2.36. The van der Waals surface area contributed by atoms with Crippen molar-refractivity contribution >= 4 is 21.2 Å². The van der Waals surface area contributed by atoms with E-state index in [1.165, 1.54) is 0 Å². The Morgan fingerprint density at radius 2 is 1.74 bits per heavy atom. The summed E-state index contributed by atoms with van der Waals surface area (Å²) in [4.78, 5) is 3.05. The van der Waals surface area contributed by atoms with E-state index in [1.54, 1.807) is 18.2 Å². The first-order valence-electron chi connectivity index (χ1n) is 6.43. The number of aryl methyl sites for hydroxylation is 1. The molecule has 0 aliphatic carbocycles. The van der Waals surface area contributed by atoms with Crippen molar-refractivity contribution in [1.29, 1.82) is 0 Å². The van der Waals surface area contributed by atoms with Gasteiger partial charge in [0.05, 0.1) is 21.2 Å². The van der Waals surface area contributed by atoms with E-state index in [0.717, 1.165) is 36.3 Å². The topological polar surface area (TPSA) is 37.4 Å². The number of sulfone groups is 1. The molecule has 2 aliphatic rings. The Hall–Kier alpha value is -1.81. The number of fused-ring (bicyclic) bond motifs is 2. The first-order valence-corrected chi connectivity index (χ1v) is 7.91. The van der Waals surface area contributed by atoms with Crippen molar-refractivity contribution in [3.8, 4) is 0 Å². The molecule has 0 N–H and O–H groups in total. The zero-order chi connectivity index (χ0) is 13.0. The molecule has 19 heavy (non-hydrogen) atoms. The molecule has 96 valence electrons. The van der Waals surface area contributed by atoms with Gasteiger partial charge in [-0.15, -0.1) is 0 Å². The van der Waals surface area contributed by atoms with Crippen molar-refractivity contribution in [3.05, 3.63) is 48.0 Å². The van der Waals surface area contributed by atoms with Crippen LogP contribution in [0, 0.1) is 0 Å². The van der Waals surface area contributed by atoms with Crippen LogP contribution in [0.4, 0.5) is 11.4 Å². The Morgan fingerprint density at radius 3 is 2.63 bits per heavy atom. The Labute approximate surface area is 112 Å². The predicted octanol–water partition coefficient (Wildman–Crippen LogP) is 2.92. The fraction of sp³-hybridized carbons (Fsp3) is 0.200. The fourth-order valence-electron chi connectivity index (χ4n) is 3.10. The third kappa shape index (κ3) is 1.35. The zero-order valence-corrected chi connectivity index (χ0v) is 11.2. The van der Waals surface area contributed by atoms with Gasteiger partial charge in [-0.3, -0.25) is 0 Å². The minimum atomic E-state index is -3.37. The zero-order valence-electron chi connectivity index (χ0n) is 10.3. The lowest BCUT2D eigenvalue weighted by atomic mass is 10.0. The summed E-state index contributed by atoms with van der Waals surface area (Å²) >= 11 is 0. The van der Waals surface area contributed by atoms with Gasteiger partial charge < -0.3 is 4.90 Å². The molecule has 0 saturated heterocycles. The van der Waals surface area contributed by atoms with E-state index >= 15 is 0 Å². The van der Waals surface area contributed by atoms with Crippen molar-refractivity contribution in [2.24, 2.45) is 0 Å². The van der Waals surface area contributed by atoms with Gasteiger partial charge in [0.15, 0.2) is 0 Å². The number of anilines is 2. The van der Waals surface area contributed by atoms with Gasteiger partial charge in [0, 0.05) is 6.54 Å². The van der Waals surface area contributed by atoms with Crippen LogP contribution in [0.2, 0.25) is 0 Å². The second-order valence-electron chi connectivity index (χ2n) is 4.99. The summed E-state index contributed by atoms with van der Waals surface area (Å²) in [5.41, 5.74) is 2.86. The van der Waals surface area contributed by atoms with Gasteiger partial charge >= 0.3 is 0 Å². The van der Waals surface area contributed by atoms with Crippen LogP contribution in [-0.2, 0) is 16.3 Å². The smallest absolute Gasteiger partial charge is 0.210 e. The van der Waals surface area contributed by atoms with E-state index in [9.17, 15) is 8.42 Å². The standard InChI is InChI=1S/C15H13NO2S/c17-19(18)13-8-2-1-7-12(13)16-10-4-6-11-5-3-9-14(19)15(11)16/h1-3,5,7-9H,4,6,10H2. The molecule has 2 heterocycles. The SMILES string of the molecule is O=S1(=O)c2ccccc2N2CCCc3cccc1c32. The molecule has 0 radical (unpaired) electrons. The van der Waals surface area contributed by atoms with Crippen LogP contribution in [0.3, 0.4) is 0 Å². The molecule has 0 aromatic heterocycles. The van der Waals surface area contributed by atoms with Gasteiger partial charge in [0.2, 0.25) is 9.84 Å². The number of nitrogens with zero attached hydrogens (tertiary/aromatic N) is 1. The minimum absolute atomic E-state index is 0.432. The van der Waals surface area contributed by atoms with Crippen LogP contribution in [0.1, 0.15) is 12.0 Å². The summed E-state index contributed by atoms with van der Waals surface area (Å²) in [5.74, 6) is 0. The molecule has 2 aromatic rings. The minimum Gasteiger partial charge on any atom is -0.339 e.